The molecule has 1 aromatic carbocycles. The number of rotatable bonds is 3. The van der Waals surface area contributed by atoms with Crippen molar-refractivity contribution in [1.82, 2.24) is 4.90 Å². The molecule has 0 radical (unpaired) electrons. The zero-order valence-corrected chi connectivity index (χ0v) is 12.4. The average molecular weight is 262 g/mol. The Morgan fingerprint density at radius 1 is 1.32 bits per heavy atom. The van der Waals surface area contributed by atoms with E-state index in [4.69, 9.17) is 0 Å². The third kappa shape index (κ3) is 3.10. The van der Waals surface area contributed by atoms with Crippen molar-refractivity contribution in [3.63, 3.8) is 0 Å². The van der Waals surface area contributed by atoms with Crippen LogP contribution in [0.4, 0.5) is 5.69 Å². The molecular formula is C16H26N2O. The second-order valence-corrected chi connectivity index (χ2v) is 5.55. The summed E-state index contributed by atoms with van der Waals surface area (Å²) in [4.78, 5) is 4.75. The van der Waals surface area contributed by atoms with Crippen LogP contribution in [-0.2, 0) is 6.42 Å². The number of anilines is 1. The van der Waals surface area contributed by atoms with Gasteiger partial charge in [0, 0.05) is 24.8 Å². The lowest BCUT2D eigenvalue weighted by atomic mass is 10.0. The zero-order valence-electron chi connectivity index (χ0n) is 12.4. The van der Waals surface area contributed by atoms with E-state index in [9.17, 15) is 5.11 Å². The summed E-state index contributed by atoms with van der Waals surface area (Å²) in [6.45, 7) is 7.71. The van der Waals surface area contributed by atoms with Gasteiger partial charge in [0.25, 0.3) is 0 Å². The number of para-hydroxylation sites is 1. The van der Waals surface area contributed by atoms with Crippen LogP contribution in [-0.4, -0.2) is 49.3 Å². The molecule has 1 N–H and O–H groups in total. The van der Waals surface area contributed by atoms with Crippen LogP contribution in [0, 0.1) is 6.92 Å². The second kappa shape index (κ2) is 6.40. The largest absolute Gasteiger partial charge is 0.395 e. The number of nitrogens with zero attached hydrogens (tertiary/aromatic N) is 2. The maximum absolute atomic E-state index is 9.58. The molecule has 1 aliphatic heterocycles. The lowest BCUT2D eigenvalue weighted by Crippen LogP contribution is -2.41. The minimum atomic E-state index is 0.236. The van der Waals surface area contributed by atoms with Crippen molar-refractivity contribution in [2.24, 2.45) is 0 Å². The van der Waals surface area contributed by atoms with Gasteiger partial charge >= 0.3 is 0 Å². The molecule has 0 spiro atoms. The predicted octanol–water partition coefficient (Wildman–Crippen LogP) is 2.06. The lowest BCUT2D eigenvalue weighted by Gasteiger charge is -2.31. The number of likely N-dealkylation sites (N-methyl/N-ethyl adjacent to an activating group) is 1. The van der Waals surface area contributed by atoms with Crippen LogP contribution in [0.1, 0.15) is 24.5 Å². The first-order valence-electron chi connectivity index (χ1n) is 7.32. The van der Waals surface area contributed by atoms with E-state index >= 15 is 0 Å². The van der Waals surface area contributed by atoms with Crippen LogP contribution < -0.4 is 4.90 Å². The molecule has 106 valence electrons. The fourth-order valence-electron chi connectivity index (χ4n) is 3.04. The molecule has 1 unspecified atom stereocenters. The summed E-state index contributed by atoms with van der Waals surface area (Å²) in [7, 11) is 2.11. The first kappa shape index (κ1) is 14.4. The third-order valence-corrected chi connectivity index (χ3v) is 4.22. The molecule has 1 saturated heterocycles. The molecule has 0 amide bonds. The standard InChI is InChI=1S/C16H26N2O/c1-4-14-8-5-7-13(2)16(14)18-10-6-9-17(3)15(11-18)12-19/h5,7-8,15,19H,4,6,9-12H2,1-3H3. The Balaban J connectivity index is 2.30. The van der Waals surface area contributed by atoms with Crippen molar-refractivity contribution in [3.05, 3.63) is 29.3 Å². The third-order valence-electron chi connectivity index (χ3n) is 4.22. The van der Waals surface area contributed by atoms with Gasteiger partial charge < -0.3 is 10.0 Å². The summed E-state index contributed by atoms with van der Waals surface area (Å²) >= 11 is 0. The summed E-state index contributed by atoms with van der Waals surface area (Å²) in [6.07, 6.45) is 2.22. The lowest BCUT2D eigenvalue weighted by molar-refractivity contribution is 0.159. The molecule has 1 aliphatic rings. The quantitative estimate of drug-likeness (QED) is 0.903. The fourth-order valence-corrected chi connectivity index (χ4v) is 3.04. The van der Waals surface area contributed by atoms with E-state index < -0.39 is 0 Å². The molecule has 19 heavy (non-hydrogen) atoms. The minimum absolute atomic E-state index is 0.236. The number of aliphatic hydroxyl groups excluding tert-OH is 1. The summed E-state index contributed by atoms with van der Waals surface area (Å²) in [5.74, 6) is 0. The highest BCUT2D eigenvalue weighted by molar-refractivity contribution is 5.59. The number of benzene rings is 1. The molecular weight excluding hydrogens is 236 g/mol. The highest BCUT2D eigenvalue weighted by Gasteiger charge is 2.23. The van der Waals surface area contributed by atoms with Crippen molar-refractivity contribution in [2.75, 3.05) is 38.2 Å². The molecule has 0 aromatic heterocycles. The molecule has 3 nitrogen and oxygen atoms in total. The second-order valence-electron chi connectivity index (χ2n) is 5.55. The predicted molar refractivity (Wildman–Crippen MR) is 80.9 cm³/mol. The van der Waals surface area contributed by atoms with Crippen LogP contribution >= 0.6 is 0 Å². The molecule has 1 fully saturated rings. The van der Waals surface area contributed by atoms with Gasteiger partial charge in [0.05, 0.1) is 6.61 Å². The molecule has 0 bridgehead atoms. The van der Waals surface area contributed by atoms with Crippen molar-refractivity contribution < 1.29 is 5.11 Å². The monoisotopic (exact) mass is 262 g/mol. The van der Waals surface area contributed by atoms with Crippen LogP contribution in [0.2, 0.25) is 0 Å². The molecule has 1 heterocycles. The summed E-state index contributed by atoms with van der Waals surface area (Å²) < 4.78 is 0. The van der Waals surface area contributed by atoms with Crippen molar-refractivity contribution in [2.45, 2.75) is 32.7 Å². The van der Waals surface area contributed by atoms with Gasteiger partial charge in [-0.25, -0.2) is 0 Å². The Kier molecular flexibility index (Phi) is 4.83. The van der Waals surface area contributed by atoms with Crippen LogP contribution in [0.5, 0.6) is 0 Å². The van der Waals surface area contributed by atoms with E-state index in [1.807, 2.05) is 0 Å². The van der Waals surface area contributed by atoms with Crippen LogP contribution in [0.15, 0.2) is 18.2 Å². The van der Waals surface area contributed by atoms with Gasteiger partial charge in [-0.3, -0.25) is 4.90 Å². The number of aliphatic hydroxyl groups is 1. The molecule has 3 heteroatoms. The molecule has 0 saturated carbocycles. The first-order valence-corrected chi connectivity index (χ1v) is 7.32. The highest BCUT2D eigenvalue weighted by atomic mass is 16.3. The van der Waals surface area contributed by atoms with Crippen LogP contribution in [0.3, 0.4) is 0 Å². The Hall–Kier alpha value is -1.06. The number of hydrogen-bond acceptors (Lipinski definition) is 3. The smallest absolute Gasteiger partial charge is 0.0603 e. The van der Waals surface area contributed by atoms with Crippen LogP contribution in [0.25, 0.3) is 0 Å². The van der Waals surface area contributed by atoms with Gasteiger partial charge in [0.1, 0.15) is 0 Å². The average Bonchev–Trinajstić information content (AvgIpc) is 2.60. The summed E-state index contributed by atoms with van der Waals surface area (Å²) in [5, 5.41) is 9.58. The van der Waals surface area contributed by atoms with E-state index in [0.717, 1.165) is 32.5 Å². The van der Waals surface area contributed by atoms with E-state index in [1.165, 1.54) is 16.8 Å². The Morgan fingerprint density at radius 3 is 2.79 bits per heavy atom. The SMILES string of the molecule is CCc1cccc(C)c1N1CCCN(C)C(CO)C1. The van der Waals surface area contributed by atoms with Gasteiger partial charge in [-0.1, -0.05) is 25.1 Å². The maximum Gasteiger partial charge on any atom is 0.0603 e. The number of hydrogen-bond donors (Lipinski definition) is 1. The van der Waals surface area contributed by atoms with Gasteiger partial charge in [0.2, 0.25) is 0 Å². The van der Waals surface area contributed by atoms with Crippen molar-refractivity contribution >= 4 is 5.69 Å². The van der Waals surface area contributed by atoms with E-state index in [0.29, 0.717) is 0 Å². The van der Waals surface area contributed by atoms with Gasteiger partial charge in [0.15, 0.2) is 0 Å². The topological polar surface area (TPSA) is 26.7 Å². The maximum atomic E-state index is 9.58. The molecule has 1 aromatic rings. The zero-order chi connectivity index (χ0) is 13.8. The summed E-state index contributed by atoms with van der Waals surface area (Å²) in [5.41, 5.74) is 4.15. The van der Waals surface area contributed by atoms with E-state index in [2.05, 4.69) is 48.9 Å². The van der Waals surface area contributed by atoms with Crippen molar-refractivity contribution in [3.8, 4) is 0 Å². The minimum Gasteiger partial charge on any atom is -0.395 e. The molecule has 1 atom stereocenters. The normalized spacial score (nSPS) is 21.5. The van der Waals surface area contributed by atoms with Crippen molar-refractivity contribution in [1.29, 1.82) is 0 Å². The van der Waals surface area contributed by atoms with Gasteiger partial charge in [-0.2, -0.15) is 0 Å². The molecule has 0 aliphatic carbocycles. The Morgan fingerprint density at radius 2 is 2.11 bits per heavy atom. The van der Waals surface area contributed by atoms with E-state index in [1.54, 1.807) is 0 Å². The summed E-state index contributed by atoms with van der Waals surface area (Å²) in [6, 6.07) is 6.80. The van der Waals surface area contributed by atoms with E-state index in [-0.39, 0.29) is 12.6 Å². The highest BCUT2D eigenvalue weighted by Crippen LogP contribution is 2.27. The van der Waals surface area contributed by atoms with Gasteiger partial charge in [-0.15, -0.1) is 0 Å². The fraction of sp³-hybridized carbons (Fsp3) is 0.625. The van der Waals surface area contributed by atoms with Gasteiger partial charge in [-0.05, 0) is 44.5 Å². The molecule has 2 rings (SSSR count). The Labute approximate surface area is 116 Å². The first-order chi connectivity index (χ1) is 9.17. The number of aryl methyl sites for hydroxylation is 2. The Bertz CT molecular complexity index is 419.